The average molecular weight is 501 g/mol. The number of hydrogen-bond acceptors (Lipinski definition) is 2. The van der Waals surface area contributed by atoms with Crippen molar-refractivity contribution in [2.24, 2.45) is 9.98 Å². The second-order valence-corrected chi connectivity index (χ2v) is 12.2. The Balaban J connectivity index is 1.71. The molecular weight excluding hydrogens is 460 g/mol. The molecule has 0 bridgehead atoms. The summed E-state index contributed by atoms with van der Waals surface area (Å²) in [5.74, 6) is 0. The topological polar surface area (TPSA) is 24.7 Å². The second kappa shape index (κ2) is 10.9. The van der Waals surface area contributed by atoms with Gasteiger partial charge in [0.25, 0.3) is 0 Å². The molecule has 0 aromatic heterocycles. The SMILES string of the molecule is Cc1cccc(N=Cc2ccc(C(C)(C)C)cc2)c1-c1c(C)cccc1N=Cc1ccc(C(C)(C)C)cc1. The molecule has 0 spiro atoms. The lowest BCUT2D eigenvalue weighted by atomic mass is 9.87. The van der Waals surface area contributed by atoms with Gasteiger partial charge in [-0.05, 0) is 70.2 Å². The summed E-state index contributed by atoms with van der Waals surface area (Å²) in [4.78, 5) is 9.92. The van der Waals surface area contributed by atoms with Crippen LogP contribution in [-0.4, -0.2) is 12.4 Å². The van der Waals surface area contributed by atoms with Crippen molar-refractivity contribution in [1.29, 1.82) is 0 Å². The van der Waals surface area contributed by atoms with E-state index in [1.54, 1.807) is 0 Å². The van der Waals surface area contributed by atoms with Gasteiger partial charge in [-0.3, -0.25) is 9.98 Å². The summed E-state index contributed by atoms with van der Waals surface area (Å²) in [7, 11) is 0. The van der Waals surface area contributed by atoms with Crippen molar-refractivity contribution in [3.63, 3.8) is 0 Å². The third kappa shape index (κ3) is 6.37. The van der Waals surface area contributed by atoms with Gasteiger partial charge < -0.3 is 0 Å². The number of rotatable bonds is 5. The molecule has 0 N–H and O–H groups in total. The molecule has 0 saturated carbocycles. The lowest BCUT2D eigenvalue weighted by molar-refractivity contribution is 0.590. The van der Waals surface area contributed by atoms with Gasteiger partial charge >= 0.3 is 0 Å². The molecule has 4 aromatic carbocycles. The first-order valence-electron chi connectivity index (χ1n) is 13.4. The molecule has 2 nitrogen and oxygen atoms in total. The van der Waals surface area contributed by atoms with E-state index in [0.717, 1.165) is 33.6 Å². The van der Waals surface area contributed by atoms with Gasteiger partial charge in [-0.25, -0.2) is 0 Å². The molecule has 4 aromatic rings. The fraction of sp³-hybridized carbons (Fsp3) is 0.278. The maximum Gasteiger partial charge on any atom is 0.0711 e. The summed E-state index contributed by atoms with van der Waals surface area (Å²) in [5.41, 5.74) is 11.6. The van der Waals surface area contributed by atoms with Crippen LogP contribution in [0.3, 0.4) is 0 Å². The number of aryl methyl sites for hydroxylation is 2. The highest BCUT2D eigenvalue weighted by Crippen LogP contribution is 2.41. The van der Waals surface area contributed by atoms with Gasteiger partial charge in [0.2, 0.25) is 0 Å². The Morgan fingerprint density at radius 3 is 1.13 bits per heavy atom. The predicted molar refractivity (Wildman–Crippen MR) is 166 cm³/mol. The molecule has 0 saturated heterocycles. The van der Waals surface area contributed by atoms with Crippen molar-refractivity contribution in [2.45, 2.75) is 66.2 Å². The smallest absolute Gasteiger partial charge is 0.0711 e. The average Bonchev–Trinajstić information content (AvgIpc) is 2.86. The van der Waals surface area contributed by atoms with Crippen LogP contribution >= 0.6 is 0 Å². The zero-order chi connectivity index (χ0) is 27.5. The Morgan fingerprint density at radius 2 is 0.816 bits per heavy atom. The molecule has 0 unspecified atom stereocenters. The minimum Gasteiger partial charge on any atom is -0.256 e. The van der Waals surface area contributed by atoms with Gasteiger partial charge in [-0.2, -0.15) is 0 Å². The van der Waals surface area contributed by atoms with Crippen molar-refractivity contribution in [3.8, 4) is 11.1 Å². The third-order valence-electron chi connectivity index (χ3n) is 7.01. The second-order valence-electron chi connectivity index (χ2n) is 12.2. The Morgan fingerprint density at radius 1 is 0.474 bits per heavy atom. The van der Waals surface area contributed by atoms with E-state index in [9.17, 15) is 0 Å². The Kier molecular flexibility index (Phi) is 7.83. The molecule has 0 aliphatic heterocycles. The van der Waals surface area contributed by atoms with Gasteiger partial charge in [0.15, 0.2) is 0 Å². The van der Waals surface area contributed by atoms with E-state index in [4.69, 9.17) is 9.98 Å². The van der Waals surface area contributed by atoms with Gasteiger partial charge in [-0.15, -0.1) is 0 Å². The van der Waals surface area contributed by atoms with Crippen molar-refractivity contribution in [3.05, 3.63) is 118 Å². The van der Waals surface area contributed by atoms with Crippen LogP contribution in [0.1, 0.15) is 74.9 Å². The van der Waals surface area contributed by atoms with Crippen LogP contribution in [0.25, 0.3) is 11.1 Å². The van der Waals surface area contributed by atoms with Crippen LogP contribution in [0.2, 0.25) is 0 Å². The minimum atomic E-state index is 0.135. The summed E-state index contributed by atoms with van der Waals surface area (Å²) in [6, 6.07) is 30.0. The van der Waals surface area contributed by atoms with E-state index in [-0.39, 0.29) is 10.8 Å². The highest BCUT2D eigenvalue weighted by molar-refractivity contribution is 5.93. The first-order chi connectivity index (χ1) is 17.9. The summed E-state index contributed by atoms with van der Waals surface area (Å²) in [6.07, 6.45) is 3.92. The highest BCUT2D eigenvalue weighted by atomic mass is 14.7. The van der Waals surface area contributed by atoms with Crippen LogP contribution in [0.15, 0.2) is 94.9 Å². The molecule has 0 atom stereocenters. The Labute approximate surface area is 229 Å². The molecule has 0 aliphatic rings. The summed E-state index contributed by atoms with van der Waals surface area (Å²) in [6.45, 7) is 17.7. The van der Waals surface area contributed by atoms with Crippen molar-refractivity contribution in [2.75, 3.05) is 0 Å². The molecule has 0 fully saturated rings. The minimum absolute atomic E-state index is 0.135. The van der Waals surface area contributed by atoms with Crippen LogP contribution < -0.4 is 0 Å². The van der Waals surface area contributed by atoms with E-state index >= 15 is 0 Å². The van der Waals surface area contributed by atoms with Gasteiger partial charge in [0.05, 0.1) is 11.4 Å². The standard InChI is InChI=1S/C36H40N2/c1-25-11-9-13-31(37-23-27-15-19-29(20-16-27)35(3,4)5)33(25)34-26(2)12-10-14-32(34)38-24-28-17-21-30(22-18-28)36(6,7)8/h9-24H,1-8H3. The molecule has 2 heteroatoms. The molecule has 0 radical (unpaired) electrons. The zero-order valence-electron chi connectivity index (χ0n) is 24.1. The largest absolute Gasteiger partial charge is 0.256 e. The summed E-state index contributed by atoms with van der Waals surface area (Å²) >= 11 is 0. The molecule has 0 amide bonds. The van der Waals surface area contributed by atoms with Gasteiger partial charge in [-0.1, -0.05) is 114 Å². The molecule has 0 aliphatic carbocycles. The maximum atomic E-state index is 4.96. The number of nitrogens with zero attached hydrogens (tertiary/aromatic N) is 2. The molecular formula is C36H40N2. The van der Waals surface area contributed by atoms with Crippen LogP contribution in [-0.2, 0) is 10.8 Å². The zero-order valence-corrected chi connectivity index (χ0v) is 24.1. The summed E-state index contributed by atoms with van der Waals surface area (Å²) < 4.78 is 0. The molecule has 38 heavy (non-hydrogen) atoms. The first kappa shape index (κ1) is 27.3. The lowest BCUT2D eigenvalue weighted by Crippen LogP contribution is -2.10. The Bertz CT molecular complexity index is 1340. The molecule has 4 rings (SSSR count). The maximum absolute atomic E-state index is 4.96. The predicted octanol–water partition coefficient (Wildman–Crippen LogP) is 10.1. The third-order valence-corrected chi connectivity index (χ3v) is 7.01. The molecule has 0 heterocycles. The van der Waals surface area contributed by atoms with Gasteiger partial charge in [0.1, 0.15) is 0 Å². The van der Waals surface area contributed by atoms with E-state index in [2.05, 4.69) is 140 Å². The fourth-order valence-corrected chi connectivity index (χ4v) is 4.60. The lowest BCUT2D eigenvalue weighted by Gasteiger charge is -2.18. The number of benzene rings is 4. The van der Waals surface area contributed by atoms with Crippen molar-refractivity contribution < 1.29 is 0 Å². The van der Waals surface area contributed by atoms with E-state index in [1.165, 1.54) is 22.3 Å². The van der Waals surface area contributed by atoms with E-state index in [1.807, 2.05) is 12.4 Å². The van der Waals surface area contributed by atoms with Crippen molar-refractivity contribution >= 4 is 23.8 Å². The van der Waals surface area contributed by atoms with Gasteiger partial charge in [0, 0.05) is 23.6 Å². The summed E-state index contributed by atoms with van der Waals surface area (Å²) in [5, 5.41) is 0. The van der Waals surface area contributed by atoms with E-state index < -0.39 is 0 Å². The van der Waals surface area contributed by atoms with Crippen LogP contribution in [0.4, 0.5) is 11.4 Å². The Hall–Kier alpha value is -3.78. The van der Waals surface area contributed by atoms with E-state index in [0.29, 0.717) is 0 Å². The number of hydrogen-bond donors (Lipinski definition) is 0. The monoisotopic (exact) mass is 500 g/mol. The van der Waals surface area contributed by atoms with Crippen molar-refractivity contribution in [1.82, 2.24) is 0 Å². The fourth-order valence-electron chi connectivity index (χ4n) is 4.60. The van der Waals surface area contributed by atoms with Crippen LogP contribution in [0, 0.1) is 13.8 Å². The highest BCUT2D eigenvalue weighted by Gasteiger charge is 2.16. The first-order valence-corrected chi connectivity index (χ1v) is 13.4. The van der Waals surface area contributed by atoms with Crippen LogP contribution in [0.5, 0.6) is 0 Å². The quantitative estimate of drug-likeness (QED) is 0.244. The number of aliphatic imine (C=N–C) groups is 2. The molecule has 194 valence electrons. The normalized spacial score (nSPS) is 12.5.